The lowest BCUT2D eigenvalue weighted by molar-refractivity contribution is 0.0802. The molecule has 1 fully saturated rings. The highest BCUT2D eigenvalue weighted by atomic mass is 32.1. The fourth-order valence-corrected chi connectivity index (χ4v) is 4.43. The summed E-state index contributed by atoms with van der Waals surface area (Å²) in [6.45, 7) is 5.86. The Bertz CT molecular complexity index is 890. The second kappa shape index (κ2) is 7.17. The lowest BCUT2D eigenvalue weighted by Crippen LogP contribution is -2.47. The normalized spacial score (nSPS) is 21.1. The first kappa shape index (κ1) is 17.2. The first-order valence-corrected chi connectivity index (χ1v) is 9.82. The predicted molar refractivity (Wildman–Crippen MR) is 103 cm³/mol. The summed E-state index contributed by atoms with van der Waals surface area (Å²) < 4.78 is 0. The van der Waals surface area contributed by atoms with E-state index in [4.69, 9.17) is 0 Å². The molecule has 0 aliphatic carbocycles. The number of nitrogens with zero attached hydrogens (tertiary/aromatic N) is 3. The van der Waals surface area contributed by atoms with Gasteiger partial charge in [-0.05, 0) is 36.9 Å². The minimum Gasteiger partial charge on any atom is -0.361 e. The number of thiazole rings is 1. The molecule has 3 aromatic rings. The van der Waals surface area contributed by atoms with Crippen LogP contribution in [0.25, 0.3) is 10.9 Å². The zero-order valence-corrected chi connectivity index (χ0v) is 15.7. The highest BCUT2D eigenvalue weighted by Gasteiger charge is 2.32. The highest BCUT2D eigenvalue weighted by molar-refractivity contribution is 7.09. The van der Waals surface area contributed by atoms with Gasteiger partial charge in [0.1, 0.15) is 10.7 Å². The first-order chi connectivity index (χ1) is 12.6. The van der Waals surface area contributed by atoms with E-state index in [0.29, 0.717) is 12.2 Å². The van der Waals surface area contributed by atoms with Gasteiger partial charge >= 0.3 is 0 Å². The molecule has 0 spiro atoms. The molecule has 0 saturated carbocycles. The van der Waals surface area contributed by atoms with E-state index >= 15 is 0 Å². The van der Waals surface area contributed by atoms with Crippen molar-refractivity contribution < 1.29 is 4.79 Å². The molecule has 1 atom stereocenters. The molecule has 136 valence electrons. The monoisotopic (exact) mass is 369 g/mol. The molecule has 3 aromatic heterocycles. The first-order valence-electron chi connectivity index (χ1n) is 8.94. The van der Waals surface area contributed by atoms with E-state index in [0.717, 1.165) is 48.4 Å². The van der Waals surface area contributed by atoms with Crippen molar-refractivity contribution in [2.24, 2.45) is 5.41 Å². The molecule has 0 aromatic carbocycles. The number of carbonyl (C=O) groups excluding carboxylic acids is 1. The third-order valence-electron chi connectivity index (χ3n) is 5.07. The minimum absolute atomic E-state index is 0.0667. The van der Waals surface area contributed by atoms with Crippen LogP contribution in [-0.4, -0.2) is 45.4 Å². The van der Waals surface area contributed by atoms with Gasteiger partial charge in [0.25, 0.3) is 5.91 Å². The van der Waals surface area contributed by atoms with Gasteiger partial charge in [-0.2, -0.15) is 0 Å². The van der Waals surface area contributed by atoms with Crippen LogP contribution in [0.15, 0.2) is 36.1 Å². The number of H-pyrrole nitrogens is 1. The molecule has 2 N–H and O–H groups in total. The van der Waals surface area contributed by atoms with E-state index in [1.165, 1.54) is 0 Å². The zero-order valence-electron chi connectivity index (χ0n) is 14.9. The SMILES string of the molecule is CC1(CNC(=O)c2nccc3[nH]ccc23)CCCN(Cc2nccs2)C1. The van der Waals surface area contributed by atoms with Crippen molar-refractivity contribution in [3.05, 3.63) is 46.8 Å². The van der Waals surface area contributed by atoms with E-state index in [9.17, 15) is 4.79 Å². The Kier molecular flexibility index (Phi) is 4.74. The van der Waals surface area contributed by atoms with Crippen molar-refractivity contribution in [1.82, 2.24) is 25.2 Å². The molecule has 6 nitrogen and oxygen atoms in total. The predicted octanol–water partition coefficient (Wildman–Crippen LogP) is 3.05. The number of aromatic nitrogens is 3. The van der Waals surface area contributed by atoms with E-state index in [-0.39, 0.29) is 11.3 Å². The number of hydrogen-bond acceptors (Lipinski definition) is 5. The van der Waals surface area contributed by atoms with Gasteiger partial charge in [-0.15, -0.1) is 11.3 Å². The van der Waals surface area contributed by atoms with Gasteiger partial charge in [0.2, 0.25) is 0 Å². The topological polar surface area (TPSA) is 73.9 Å². The van der Waals surface area contributed by atoms with Gasteiger partial charge in [-0.25, -0.2) is 4.98 Å². The molecule has 0 radical (unpaired) electrons. The minimum atomic E-state index is -0.103. The summed E-state index contributed by atoms with van der Waals surface area (Å²) in [7, 11) is 0. The number of aromatic amines is 1. The summed E-state index contributed by atoms with van der Waals surface area (Å²) in [4.78, 5) is 26.9. The number of pyridine rings is 1. The maximum atomic E-state index is 12.7. The number of nitrogens with one attached hydrogen (secondary N) is 2. The van der Waals surface area contributed by atoms with Crippen LogP contribution in [0.1, 0.15) is 35.3 Å². The van der Waals surface area contributed by atoms with Crippen molar-refractivity contribution in [3.8, 4) is 0 Å². The molecular formula is C19H23N5OS. The number of hydrogen-bond donors (Lipinski definition) is 2. The lowest BCUT2D eigenvalue weighted by atomic mass is 9.81. The van der Waals surface area contributed by atoms with Crippen molar-refractivity contribution in [2.45, 2.75) is 26.3 Å². The van der Waals surface area contributed by atoms with Gasteiger partial charge in [-0.1, -0.05) is 6.92 Å². The lowest BCUT2D eigenvalue weighted by Gasteiger charge is -2.40. The Balaban J connectivity index is 1.40. The molecule has 1 amide bonds. The molecule has 4 heterocycles. The summed E-state index contributed by atoms with van der Waals surface area (Å²) in [6, 6.07) is 3.78. The van der Waals surface area contributed by atoms with E-state index < -0.39 is 0 Å². The number of carbonyl (C=O) groups is 1. The fourth-order valence-electron chi connectivity index (χ4n) is 3.77. The van der Waals surface area contributed by atoms with Gasteiger partial charge < -0.3 is 10.3 Å². The van der Waals surface area contributed by atoms with Crippen LogP contribution < -0.4 is 5.32 Å². The second-order valence-corrected chi connectivity index (χ2v) is 8.31. The van der Waals surface area contributed by atoms with Crippen LogP contribution in [0.5, 0.6) is 0 Å². The molecule has 1 unspecified atom stereocenters. The maximum Gasteiger partial charge on any atom is 0.270 e. The Morgan fingerprint density at radius 3 is 3.15 bits per heavy atom. The Morgan fingerprint density at radius 1 is 1.38 bits per heavy atom. The van der Waals surface area contributed by atoms with Crippen LogP contribution in [0, 0.1) is 5.41 Å². The Labute approximate surface area is 156 Å². The number of fused-ring (bicyclic) bond motifs is 1. The molecule has 1 saturated heterocycles. The van der Waals surface area contributed by atoms with E-state index in [1.54, 1.807) is 17.5 Å². The van der Waals surface area contributed by atoms with Gasteiger partial charge in [0.05, 0.1) is 6.54 Å². The van der Waals surface area contributed by atoms with Crippen molar-refractivity contribution in [2.75, 3.05) is 19.6 Å². The van der Waals surface area contributed by atoms with Gasteiger partial charge in [0, 0.05) is 48.0 Å². The van der Waals surface area contributed by atoms with Crippen LogP contribution in [0.4, 0.5) is 0 Å². The Hall–Kier alpha value is -2.25. The molecule has 1 aliphatic rings. The van der Waals surface area contributed by atoms with Gasteiger partial charge in [-0.3, -0.25) is 14.7 Å². The molecule has 7 heteroatoms. The van der Waals surface area contributed by atoms with Crippen molar-refractivity contribution in [1.29, 1.82) is 0 Å². The van der Waals surface area contributed by atoms with Gasteiger partial charge in [0.15, 0.2) is 0 Å². The second-order valence-electron chi connectivity index (χ2n) is 7.33. The largest absolute Gasteiger partial charge is 0.361 e. The Morgan fingerprint density at radius 2 is 2.31 bits per heavy atom. The van der Waals surface area contributed by atoms with E-state index in [1.807, 2.05) is 29.9 Å². The maximum absolute atomic E-state index is 12.7. The summed E-state index contributed by atoms with van der Waals surface area (Å²) >= 11 is 1.70. The van der Waals surface area contributed by atoms with Crippen molar-refractivity contribution in [3.63, 3.8) is 0 Å². The number of rotatable bonds is 5. The molecule has 1 aliphatic heterocycles. The van der Waals surface area contributed by atoms with Crippen LogP contribution in [0.2, 0.25) is 0 Å². The zero-order chi connectivity index (χ0) is 18.0. The quantitative estimate of drug-likeness (QED) is 0.725. The van der Waals surface area contributed by atoms with E-state index in [2.05, 4.69) is 32.1 Å². The molecule has 26 heavy (non-hydrogen) atoms. The average molecular weight is 369 g/mol. The number of amides is 1. The fraction of sp³-hybridized carbons (Fsp3) is 0.421. The smallest absolute Gasteiger partial charge is 0.270 e. The summed E-state index contributed by atoms with van der Waals surface area (Å²) in [5.41, 5.74) is 1.49. The molecule has 0 bridgehead atoms. The third-order valence-corrected chi connectivity index (χ3v) is 5.84. The van der Waals surface area contributed by atoms with Crippen LogP contribution in [0.3, 0.4) is 0 Å². The highest BCUT2D eigenvalue weighted by Crippen LogP contribution is 2.30. The molecular weight excluding hydrogens is 346 g/mol. The van der Waals surface area contributed by atoms with Crippen LogP contribution in [-0.2, 0) is 6.54 Å². The number of likely N-dealkylation sites (tertiary alicyclic amines) is 1. The number of piperidine rings is 1. The molecule has 4 rings (SSSR count). The third kappa shape index (κ3) is 3.64. The summed E-state index contributed by atoms with van der Waals surface area (Å²) in [6.07, 6.45) is 7.62. The average Bonchev–Trinajstić information content (AvgIpc) is 3.31. The summed E-state index contributed by atoms with van der Waals surface area (Å²) in [5, 5.41) is 7.16. The summed E-state index contributed by atoms with van der Waals surface area (Å²) in [5.74, 6) is -0.103. The van der Waals surface area contributed by atoms with Crippen molar-refractivity contribution >= 4 is 28.1 Å². The van der Waals surface area contributed by atoms with Crippen LogP contribution >= 0.6 is 11.3 Å². The standard InChI is InChI=1S/C19H23N5OS/c1-19(5-2-9-24(13-19)11-16-21-8-10-26-16)12-23-18(25)17-14-3-6-20-15(14)4-7-22-17/h3-4,6-8,10,20H,2,5,9,11-13H2,1H3,(H,23,25).